The molecule has 3 aromatic rings. The zero-order valence-corrected chi connectivity index (χ0v) is 19.2. The van der Waals surface area contributed by atoms with Crippen molar-refractivity contribution < 1.29 is 18.7 Å². The van der Waals surface area contributed by atoms with Gasteiger partial charge in [-0.25, -0.2) is 0 Å². The fourth-order valence-corrected chi connectivity index (χ4v) is 4.84. The van der Waals surface area contributed by atoms with Crippen molar-refractivity contribution in [1.82, 2.24) is 0 Å². The monoisotopic (exact) mass is 444 g/mol. The molecule has 170 valence electrons. The number of anilines is 2. The third-order valence-electron chi connectivity index (χ3n) is 6.41. The summed E-state index contributed by atoms with van der Waals surface area (Å²) in [6.07, 6.45) is 6.07. The predicted octanol–water partition coefficient (Wildman–Crippen LogP) is 5.84. The van der Waals surface area contributed by atoms with E-state index in [0.717, 1.165) is 54.0 Å². The van der Waals surface area contributed by atoms with Crippen LogP contribution in [0.1, 0.15) is 54.0 Å². The highest BCUT2D eigenvalue weighted by molar-refractivity contribution is 6.35. The Morgan fingerprint density at radius 1 is 1.06 bits per heavy atom. The molecule has 0 saturated heterocycles. The van der Waals surface area contributed by atoms with E-state index in [4.69, 9.17) is 13.9 Å². The predicted molar refractivity (Wildman–Crippen MR) is 130 cm³/mol. The number of methoxy groups -OCH3 is 2. The summed E-state index contributed by atoms with van der Waals surface area (Å²) < 4.78 is 17.2. The molecule has 1 atom stereocenters. The first-order chi connectivity index (χ1) is 16.1. The maximum absolute atomic E-state index is 12.9. The minimum atomic E-state index is -0.163. The quantitative estimate of drug-likeness (QED) is 0.467. The van der Waals surface area contributed by atoms with Crippen molar-refractivity contribution in [3.8, 4) is 11.5 Å². The smallest absolute Gasteiger partial charge is 0.256 e. The molecule has 6 nitrogen and oxygen atoms in total. The van der Waals surface area contributed by atoms with E-state index < -0.39 is 0 Å². The molecule has 2 N–H and O–H groups in total. The Labute approximate surface area is 193 Å². The Morgan fingerprint density at radius 2 is 1.79 bits per heavy atom. The maximum atomic E-state index is 12.9. The topological polar surface area (TPSA) is 72.7 Å². The second-order valence-corrected chi connectivity index (χ2v) is 8.49. The van der Waals surface area contributed by atoms with Crippen molar-refractivity contribution in [3.05, 3.63) is 70.7 Å². The van der Waals surface area contributed by atoms with Crippen molar-refractivity contribution >= 4 is 28.9 Å². The number of carbonyl (C=O) groups excluding carboxylic acids is 1. The van der Waals surface area contributed by atoms with Crippen LogP contribution in [0, 0.1) is 0 Å². The van der Waals surface area contributed by atoms with Crippen LogP contribution in [-0.4, -0.2) is 20.1 Å². The summed E-state index contributed by atoms with van der Waals surface area (Å²) in [4.78, 5) is 12.9. The molecule has 0 fully saturated rings. The van der Waals surface area contributed by atoms with E-state index in [1.165, 1.54) is 5.56 Å². The molecule has 6 heteroatoms. The van der Waals surface area contributed by atoms with Gasteiger partial charge in [0.25, 0.3) is 5.91 Å². The number of furan rings is 1. The summed E-state index contributed by atoms with van der Waals surface area (Å²) >= 11 is 0. The van der Waals surface area contributed by atoms with Crippen LogP contribution in [-0.2, 0) is 17.6 Å². The number of para-hydroxylation sites is 1. The Balaban J connectivity index is 1.59. The van der Waals surface area contributed by atoms with Gasteiger partial charge >= 0.3 is 0 Å². The Kier molecular flexibility index (Phi) is 5.58. The molecule has 2 aliphatic rings. The van der Waals surface area contributed by atoms with Gasteiger partial charge in [-0.05, 0) is 56.0 Å². The van der Waals surface area contributed by atoms with E-state index in [-0.39, 0.29) is 11.9 Å². The number of hydrogen-bond donors (Lipinski definition) is 2. The first-order valence-corrected chi connectivity index (χ1v) is 11.3. The van der Waals surface area contributed by atoms with Gasteiger partial charge in [-0.1, -0.05) is 18.2 Å². The average Bonchev–Trinajstić information content (AvgIpc) is 3.35. The fraction of sp³-hybridized carbons (Fsp3) is 0.296. The lowest BCUT2D eigenvalue weighted by Crippen LogP contribution is -2.11. The maximum Gasteiger partial charge on any atom is 0.256 e. The van der Waals surface area contributed by atoms with E-state index in [2.05, 4.69) is 29.7 Å². The summed E-state index contributed by atoms with van der Waals surface area (Å²) in [5.74, 6) is 2.77. The lowest BCUT2D eigenvalue weighted by Gasteiger charge is -2.18. The van der Waals surface area contributed by atoms with E-state index in [1.54, 1.807) is 20.3 Å². The Bertz CT molecular complexity index is 1230. The first-order valence-electron chi connectivity index (χ1n) is 11.3. The molecule has 1 aliphatic carbocycles. The van der Waals surface area contributed by atoms with Crippen molar-refractivity contribution in [2.24, 2.45) is 0 Å². The van der Waals surface area contributed by atoms with Gasteiger partial charge in [0.05, 0.1) is 31.5 Å². The van der Waals surface area contributed by atoms with Gasteiger partial charge in [0.2, 0.25) is 0 Å². The largest absolute Gasteiger partial charge is 0.493 e. The summed E-state index contributed by atoms with van der Waals surface area (Å²) in [7, 11) is 3.17. The highest BCUT2D eigenvalue weighted by Crippen LogP contribution is 2.43. The molecule has 1 amide bonds. The summed E-state index contributed by atoms with van der Waals surface area (Å²) in [6, 6.07) is 13.8. The second-order valence-electron chi connectivity index (χ2n) is 8.49. The van der Waals surface area contributed by atoms with Crippen LogP contribution in [0.25, 0.3) is 11.6 Å². The van der Waals surface area contributed by atoms with Gasteiger partial charge in [-0.3, -0.25) is 4.79 Å². The van der Waals surface area contributed by atoms with Gasteiger partial charge in [0.1, 0.15) is 11.5 Å². The minimum Gasteiger partial charge on any atom is -0.493 e. The third kappa shape index (κ3) is 3.86. The zero-order valence-electron chi connectivity index (χ0n) is 19.2. The Hall–Kier alpha value is -3.67. The number of nitrogens with one attached hydrogen (secondary N) is 2. The number of benzene rings is 2. The third-order valence-corrected chi connectivity index (χ3v) is 6.41. The molecule has 2 heterocycles. The first kappa shape index (κ1) is 21.2. The molecule has 0 saturated carbocycles. The van der Waals surface area contributed by atoms with Crippen molar-refractivity contribution in [1.29, 1.82) is 0 Å². The number of hydrogen-bond acceptors (Lipinski definition) is 5. The van der Waals surface area contributed by atoms with E-state index in [9.17, 15) is 4.79 Å². The lowest BCUT2D eigenvalue weighted by molar-refractivity contribution is -0.110. The minimum absolute atomic E-state index is 0.0270. The molecule has 1 aromatic heterocycles. The van der Waals surface area contributed by atoms with Crippen molar-refractivity contribution in [2.45, 2.75) is 38.6 Å². The standard InChI is InChI=1S/C27H28N2O4/c1-16(28-17-9-5-4-6-10-17)26-18-11-7-8-12-22(18)33-25(26)14-20-19-13-23(31-2)24(32-3)15-21(19)29-27(20)30/h4-6,9-10,13-16,28H,7-8,11-12H2,1-3H3,(H,29,30). The summed E-state index contributed by atoms with van der Waals surface area (Å²) in [6.45, 7) is 2.14. The van der Waals surface area contributed by atoms with Gasteiger partial charge in [-0.15, -0.1) is 0 Å². The van der Waals surface area contributed by atoms with Gasteiger partial charge < -0.3 is 24.5 Å². The molecule has 33 heavy (non-hydrogen) atoms. The molecule has 1 unspecified atom stereocenters. The van der Waals surface area contributed by atoms with Crippen LogP contribution >= 0.6 is 0 Å². The normalized spacial score (nSPS) is 16.7. The average molecular weight is 445 g/mol. The summed E-state index contributed by atoms with van der Waals surface area (Å²) in [5.41, 5.74) is 5.50. The zero-order chi connectivity index (χ0) is 22.9. The Morgan fingerprint density at radius 3 is 2.55 bits per heavy atom. The molecule has 1 aliphatic heterocycles. The molecule has 5 rings (SSSR count). The lowest BCUT2D eigenvalue weighted by atomic mass is 9.91. The number of carbonyl (C=O) groups is 1. The van der Waals surface area contributed by atoms with Crippen molar-refractivity contribution in [3.63, 3.8) is 0 Å². The van der Waals surface area contributed by atoms with Crippen LogP contribution in [0.2, 0.25) is 0 Å². The number of aryl methyl sites for hydroxylation is 1. The van der Waals surface area contributed by atoms with E-state index in [0.29, 0.717) is 22.8 Å². The van der Waals surface area contributed by atoms with Crippen molar-refractivity contribution in [2.75, 3.05) is 24.9 Å². The second kappa shape index (κ2) is 8.70. The van der Waals surface area contributed by atoms with Crippen LogP contribution in [0.5, 0.6) is 11.5 Å². The number of rotatable bonds is 6. The number of fused-ring (bicyclic) bond motifs is 2. The van der Waals surface area contributed by atoms with Crippen LogP contribution < -0.4 is 20.1 Å². The van der Waals surface area contributed by atoms with Gasteiger partial charge in [-0.2, -0.15) is 0 Å². The van der Waals surface area contributed by atoms with Gasteiger partial charge in [0.15, 0.2) is 11.5 Å². The van der Waals surface area contributed by atoms with Crippen LogP contribution in [0.4, 0.5) is 11.4 Å². The molecule has 0 radical (unpaired) electrons. The van der Waals surface area contributed by atoms with E-state index in [1.807, 2.05) is 30.3 Å². The van der Waals surface area contributed by atoms with Crippen LogP contribution in [0.3, 0.4) is 0 Å². The molecular weight excluding hydrogens is 416 g/mol. The van der Waals surface area contributed by atoms with Gasteiger partial charge in [0, 0.05) is 29.3 Å². The summed E-state index contributed by atoms with van der Waals surface area (Å²) in [5, 5.41) is 6.54. The highest BCUT2D eigenvalue weighted by Gasteiger charge is 2.30. The fourth-order valence-electron chi connectivity index (χ4n) is 4.84. The molecular formula is C27H28N2O4. The molecule has 2 aromatic carbocycles. The SMILES string of the molecule is COc1cc2c(cc1OC)C(=Cc1oc3c(c1C(C)Nc1ccccc1)CCCC3)C(=O)N2. The number of amides is 1. The van der Waals surface area contributed by atoms with Crippen LogP contribution in [0.15, 0.2) is 46.9 Å². The molecule has 0 bridgehead atoms. The number of ether oxygens (including phenoxy) is 2. The molecule has 0 spiro atoms. The van der Waals surface area contributed by atoms with E-state index >= 15 is 0 Å². The highest BCUT2D eigenvalue weighted by atomic mass is 16.5.